The summed E-state index contributed by atoms with van der Waals surface area (Å²) in [6, 6.07) is 14.7. The average Bonchev–Trinajstić information content (AvgIpc) is 2.90. The summed E-state index contributed by atoms with van der Waals surface area (Å²) in [6.07, 6.45) is 1.16. The van der Waals surface area contributed by atoms with Crippen molar-refractivity contribution in [2.75, 3.05) is 25.6 Å². The molecule has 0 bridgehead atoms. The van der Waals surface area contributed by atoms with Gasteiger partial charge in [-0.2, -0.15) is 0 Å². The molecule has 8 nitrogen and oxygen atoms in total. The fraction of sp³-hybridized carbons (Fsp3) is 0.207. The van der Waals surface area contributed by atoms with Crippen molar-refractivity contribution < 1.29 is 33.7 Å². The Morgan fingerprint density at radius 3 is 2.19 bits per heavy atom. The number of carbonyl (C=O) groups is 3. The van der Waals surface area contributed by atoms with Gasteiger partial charge >= 0.3 is 5.97 Å². The molecule has 0 amide bonds. The highest BCUT2D eigenvalue weighted by Crippen LogP contribution is 2.44. The fourth-order valence-corrected chi connectivity index (χ4v) is 4.01. The van der Waals surface area contributed by atoms with Crippen LogP contribution in [0.15, 0.2) is 66.7 Å². The Kier molecular flexibility index (Phi) is 7.57. The number of methoxy groups -OCH3 is 1. The highest BCUT2D eigenvalue weighted by molar-refractivity contribution is 6.31. The molecule has 0 unspecified atom stereocenters. The number of ketones is 2. The van der Waals surface area contributed by atoms with Crippen molar-refractivity contribution in [1.82, 2.24) is 0 Å². The van der Waals surface area contributed by atoms with E-state index in [1.807, 2.05) is 0 Å². The molecule has 190 valence electrons. The molecule has 0 fully saturated rings. The largest absolute Gasteiger partial charge is 0.507 e. The molecular formula is C29H27NO7. The lowest BCUT2D eigenvalue weighted by molar-refractivity contribution is -0.139. The average molecular weight is 502 g/mol. The predicted molar refractivity (Wildman–Crippen MR) is 138 cm³/mol. The van der Waals surface area contributed by atoms with Crippen LogP contribution in [-0.4, -0.2) is 42.9 Å². The zero-order valence-electron chi connectivity index (χ0n) is 20.6. The van der Waals surface area contributed by atoms with Crippen molar-refractivity contribution in [2.24, 2.45) is 0 Å². The smallest absolute Gasteiger partial charge is 0.333 e. The van der Waals surface area contributed by atoms with Crippen LogP contribution in [0.25, 0.3) is 0 Å². The Morgan fingerprint density at radius 1 is 0.946 bits per heavy atom. The number of rotatable bonds is 10. The van der Waals surface area contributed by atoms with E-state index in [1.54, 1.807) is 62.6 Å². The molecule has 0 aromatic heterocycles. The molecule has 0 atom stereocenters. The highest BCUT2D eigenvalue weighted by atomic mass is 16.5. The van der Waals surface area contributed by atoms with Gasteiger partial charge in [0.15, 0.2) is 17.3 Å². The van der Waals surface area contributed by atoms with Crippen LogP contribution in [0.4, 0.5) is 5.69 Å². The second-order valence-corrected chi connectivity index (χ2v) is 8.55. The topological polar surface area (TPSA) is 111 Å². The maximum atomic E-state index is 13.5. The van der Waals surface area contributed by atoms with Crippen molar-refractivity contribution in [3.63, 3.8) is 0 Å². The number of hydrogen-bond acceptors (Lipinski definition) is 8. The van der Waals surface area contributed by atoms with Gasteiger partial charge in [0.25, 0.3) is 0 Å². The minimum atomic E-state index is -0.446. The first-order valence-electron chi connectivity index (χ1n) is 11.8. The number of fused-ring (bicyclic) bond motifs is 2. The lowest BCUT2D eigenvalue weighted by Gasteiger charge is -2.24. The summed E-state index contributed by atoms with van der Waals surface area (Å²) in [6.45, 7) is 5.75. The first-order valence-corrected chi connectivity index (χ1v) is 11.8. The zero-order valence-corrected chi connectivity index (χ0v) is 20.6. The van der Waals surface area contributed by atoms with Crippen molar-refractivity contribution in [3.05, 3.63) is 89.0 Å². The van der Waals surface area contributed by atoms with Crippen molar-refractivity contribution in [2.45, 2.75) is 19.8 Å². The Hall–Kier alpha value is -4.59. The van der Waals surface area contributed by atoms with Gasteiger partial charge in [-0.25, -0.2) is 4.79 Å². The molecule has 0 spiro atoms. The SMILES string of the molecule is C=C(C)C(=O)OCCCCNc1c(Oc2ccc(OC)cc2)cc(O)c2c1C(=O)c1ccccc1C2=O. The Balaban J connectivity index is 1.65. The normalized spacial score (nSPS) is 11.8. The molecule has 37 heavy (non-hydrogen) atoms. The van der Waals surface area contributed by atoms with E-state index in [0.29, 0.717) is 42.1 Å². The van der Waals surface area contributed by atoms with Crippen LogP contribution >= 0.6 is 0 Å². The third-order valence-corrected chi connectivity index (χ3v) is 5.88. The number of phenols is 1. The van der Waals surface area contributed by atoms with Gasteiger partial charge in [0.2, 0.25) is 0 Å². The molecule has 8 heteroatoms. The summed E-state index contributed by atoms with van der Waals surface area (Å²) in [5, 5.41) is 14.0. The predicted octanol–water partition coefficient (Wildman–Crippen LogP) is 5.28. The summed E-state index contributed by atoms with van der Waals surface area (Å²) >= 11 is 0. The second-order valence-electron chi connectivity index (χ2n) is 8.55. The number of aromatic hydroxyl groups is 1. The minimum Gasteiger partial charge on any atom is -0.507 e. The molecule has 0 heterocycles. The van der Waals surface area contributed by atoms with E-state index in [1.165, 1.54) is 6.07 Å². The van der Waals surface area contributed by atoms with E-state index < -0.39 is 17.5 Å². The molecule has 2 N–H and O–H groups in total. The van der Waals surface area contributed by atoms with E-state index in [9.17, 15) is 19.5 Å². The number of benzene rings is 3. The summed E-state index contributed by atoms with van der Waals surface area (Å²) in [4.78, 5) is 38.4. The Labute approximate surface area is 214 Å². The van der Waals surface area contributed by atoms with Crippen molar-refractivity contribution in [3.8, 4) is 23.0 Å². The van der Waals surface area contributed by atoms with Crippen LogP contribution in [0.1, 0.15) is 51.6 Å². The lowest BCUT2D eigenvalue weighted by atomic mass is 9.82. The maximum Gasteiger partial charge on any atom is 0.333 e. The molecule has 4 rings (SSSR count). The first-order chi connectivity index (χ1) is 17.8. The number of esters is 1. The third-order valence-electron chi connectivity index (χ3n) is 5.88. The molecule has 1 aliphatic rings. The number of unbranched alkanes of at least 4 members (excludes halogenated alkanes) is 1. The molecule has 3 aromatic carbocycles. The number of carbonyl (C=O) groups excluding carboxylic acids is 3. The van der Waals surface area contributed by atoms with Crippen LogP contribution in [0.2, 0.25) is 0 Å². The Bertz CT molecular complexity index is 1380. The first kappa shape index (κ1) is 25.5. The van der Waals surface area contributed by atoms with E-state index in [-0.39, 0.29) is 40.4 Å². The number of hydrogen-bond donors (Lipinski definition) is 2. The molecule has 0 saturated carbocycles. The zero-order chi connectivity index (χ0) is 26.5. The molecule has 3 aromatic rings. The highest BCUT2D eigenvalue weighted by Gasteiger charge is 2.36. The van der Waals surface area contributed by atoms with Gasteiger partial charge in [-0.15, -0.1) is 0 Å². The van der Waals surface area contributed by atoms with E-state index in [4.69, 9.17) is 14.2 Å². The van der Waals surface area contributed by atoms with Crippen LogP contribution in [0.5, 0.6) is 23.0 Å². The molecule has 0 saturated heterocycles. The van der Waals surface area contributed by atoms with E-state index in [0.717, 1.165) is 0 Å². The number of nitrogens with one attached hydrogen (secondary N) is 1. The molecular weight excluding hydrogens is 474 g/mol. The van der Waals surface area contributed by atoms with Gasteiger partial charge in [0.1, 0.15) is 17.2 Å². The monoisotopic (exact) mass is 501 g/mol. The van der Waals surface area contributed by atoms with Crippen LogP contribution in [0, 0.1) is 0 Å². The van der Waals surface area contributed by atoms with E-state index in [2.05, 4.69) is 11.9 Å². The van der Waals surface area contributed by atoms with Gasteiger partial charge in [-0.3, -0.25) is 9.59 Å². The summed E-state index contributed by atoms with van der Waals surface area (Å²) in [5.41, 5.74) is 1.12. The van der Waals surface area contributed by atoms with Gasteiger partial charge in [-0.05, 0) is 44.0 Å². The van der Waals surface area contributed by atoms with Crippen molar-refractivity contribution >= 4 is 23.2 Å². The van der Waals surface area contributed by atoms with Crippen molar-refractivity contribution in [1.29, 1.82) is 0 Å². The maximum absolute atomic E-state index is 13.5. The molecule has 0 aliphatic heterocycles. The van der Waals surface area contributed by atoms with Crippen LogP contribution in [-0.2, 0) is 9.53 Å². The number of ether oxygens (including phenoxy) is 3. The number of anilines is 1. The number of phenolic OH excluding ortho intramolecular Hbond substituents is 1. The summed E-state index contributed by atoms with van der Waals surface area (Å²) in [5.74, 6) is -0.335. The minimum absolute atomic E-state index is 0.0564. The van der Waals surface area contributed by atoms with Crippen LogP contribution < -0.4 is 14.8 Å². The van der Waals surface area contributed by atoms with Gasteiger partial charge in [0.05, 0.1) is 30.5 Å². The van der Waals surface area contributed by atoms with E-state index >= 15 is 0 Å². The summed E-state index contributed by atoms with van der Waals surface area (Å²) < 4.78 is 16.3. The Morgan fingerprint density at radius 2 is 1.57 bits per heavy atom. The fourth-order valence-electron chi connectivity index (χ4n) is 4.01. The standard InChI is InChI=1S/C29H27NO7/c1-17(2)29(34)36-15-7-6-14-30-26-23(37-19-12-10-18(35-3)11-13-19)16-22(31)24-25(26)28(33)21-9-5-4-8-20(21)27(24)32/h4-5,8-13,16,30-31H,1,6-7,14-15H2,2-3H3. The lowest BCUT2D eigenvalue weighted by Crippen LogP contribution is -2.23. The van der Waals surface area contributed by atoms with Gasteiger partial charge in [-0.1, -0.05) is 30.8 Å². The summed E-state index contributed by atoms with van der Waals surface area (Å²) in [7, 11) is 1.55. The second kappa shape index (κ2) is 11.0. The van der Waals surface area contributed by atoms with Gasteiger partial charge in [0, 0.05) is 29.3 Å². The molecule has 0 radical (unpaired) electrons. The van der Waals surface area contributed by atoms with Crippen LogP contribution in [0.3, 0.4) is 0 Å². The quantitative estimate of drug-likeness (QED) is 0.131. The molecule has 1 aliphatic carbocycles. The van der Waals surface area contributed by atoms with Gasteiger partial charge < -0.3 is 24.6 Å². The third kappa shape index (κ3) is 5.33.